The van der Waals surface area contributed by atoms with Gasteiger partial charge in [0.2, 0.25) is 5.78 Å². The van der Waals surface area contributed by atoms with Gasteiger partial charge in [0.25, 0.3) is 0 Å². The molecule has 4 unspecified atom stereocenters. The number of Topliss-reactive ketones (excluding diaryl/α,β-unsaturated/α-hetero) is 2. The van der Waals surface area contributed by atoms with Gasteiger partial charge in [0.1, 0.15) is 11.5 Å². The van der Waals surface area contributed by atoms with Crippen molar-refractivity contribution in [3.63, 3.8) is 0 Å². The van der Waals surface area contributed by atoms with E-state index >= 15 is 0 Å². The lowest BCUT2D eigenvalue weighted by atomic mass is 9.74. The summed E-state index contributed by atoms with van der Waals surface area (Å²) in [5.74, 6) is 5.14. The van der Waals surface area contributed by atoms with Gasteiger partial charge in [0, 0.05) is 35.3 Å². The number of hydrogen-bond acceptors (Lipinski definition) is 2. The molecule has 1 saturated heterocycles. The molecule has 2 saturated carbocycles. The molecular formula is C35H45O2S+. The molecule has 38 heavy (non-hydrogen) atoms. The van der Waals surface area contributed by atoms with Crippen LogP contribution in [0.1, 0.15) is 121 Å². The summed E-state index contributed by atoms with van der Waals surface area (Å²) < 4.78 is 0. The van der Waals surface area contributed by atoms with Gasteiger partial charge in [-0.3, -0.25) is 9.59 Å². The van der Waals surface area contributed by atoms with Crippen LogP contribution in [0, 0.1) is 17.8 Å². The van der Waals surface area contributed by atoms with Crippen molar-refractivity contribution in [2.24, 2.45) is 17.8 Å². The summed E-state index contributed by atoms with van der Waals surface area (Å²) in [6, 6.07) is 17.0. The van der Waals surface area contributed by atoms with Crippen LogP contribution in [0.2, 0.25) is 0 Å². The Kier molecular flexibility index (Phi) is 8.40. The Morgan fingerprint density at radius 1 is 0.842 bits per heavy atom. The Hall–Kier alpha value is -1.87. The summed E-state index contributed by atoms with van der Waals surface area (Å²) in [5, 5.41) is 0.182. The molecule has 0 aromatic heterocycles. The molecule has 3 aliphatic carbocycles. The quantitative estimate of drug-likeness (QED) is 0.267. The van der Waals surface area contributed by atoms with Gasteiger partial charge >= 0.3 is 0 Å². The molecule has 2 aromatic carbocycles. The van der Waals surface area contributed by atoms with Crippen LogP contribution in [0.5, 0.6) is 0 Å². The fourth-order valence-corrected chi connectivity index (χ4v) is 11.4. The predicted molar refractivity (Wildman–Crippen MR) is 159 cm³/mol. The Morgan fingerprint density at radius 2 is 1.58 bits per heavy atom. The van der Waals surface area contributed by atoms with E-state index in [0.717, 1.165) is 48.5 Å². The molecule has 4 aliphatic rings. The van der Waals surface area contributed by atoms with Crippen molar-refractivity contribution in [2.75, 3.05) is 11.5 Å². The van der Waals surface area contributed by atoms with Gasteiger partial charge in [-0.15, -0.1) is 0 Å². The van der Waals surface area contributed by atoms with Gasteiger partial charge in [-0.05, 0) is 66.1 Å². The molecule has 0 bridgehead atoms. The smallest absolute Gasteiger partial charge is 0.215 e. The molecule has 0 N–H and O–H groups in total. The summed E-state index contributed by atoms with van der Waals surface area (Å²) in [5.41, 5.74) is 4.57. The van der Waals surface area contributed by atoms with E-state index in [-0.39, 0.29) is 22.1 Å². The van der Waals surface area contributed by atoms with Crippen LogP contribution < -0.4 is 0 Å². The van der Waals surface area contributed by atoms with E-state index in [2.05, 4.69) is 18.2 Å². The lowest BCUT2D eigenvalue weighted by Crippen LogP contribution is -2.39. The van der Waals surface area contributed by atoms with E-state index in [0.29, 0.717) is 23.4 Å². The minimum absolute atomic E-state index is 0.119. The summed E-state index contributed by atoms with van der Waals surface area (Å²) in [6.07, 6.45) is 17.4. The minimum atomic E-state index is 0.119. The Balaban J connectivity index is 1.18. The van der Waals surface area contributed by atoms with Crippen LogP contribution in [0.3, 0.4) is 0 Å². The number of hydrogen-bond donors (Lipinski definition) is 0. The first-order chi connectivity index (χ1) is 18.7. The van der Waals surface area contributed by atoms with Crippen molar-refractivity contribution in [3.05, 3.63) is 70.8 Å². The van der Waals surface area contributed by atoms with E-state index < -0.39 is 0 Å². The van der Waals surface area contributed by atoms with Gasteiger partial charge in [-0.25, -0.2) is 0 Å². The maximum atomic E-state index is 13.9. The van der Waals surface area contributed by atoms with Crippen LogP contribution in [-0.2, 0) is 17.3 Å². The standard InChI is InChI=1S/C35H45O2S/c36-33-30(22-25-10-4-1-5-11-25)19-17-26-16-18-29(23-32(26)33)31-20-21-38(24-31)35(28-14-8-3-9-15-28)34(37)27-12-6-2-7-13-27/h2,6-7,12-13,16,18,23,25,28,30-31,35H,1,3-5,8-11,14-15,17,19-22,24H2/q+1. The number of benzene rings is 2. The van der Waals surface area contributed by atoms with Crippen molar-refractivity contribution < 1.29 is 9.59 Å². The zero-order chi connectivity index (χ0) is 25.9. The molecule has 0 radical (unpaired) electrons. The van der Waals surface area contributed by atoms with E-state index in [1.165, 1.54) is 81.1 Å². The average Bonchev–Trinajstić information content (AvgIpc) is 3.46. The molecule has 6 rings (SSSR count). The van der Waals surface area contributed by atoms with Crippen LogP contribution in [-0.4, -0.2) is 28.3 Å². The first kappa shape index (κ1) is 26.4. The molecule has 1 aliphatic heterocycles. The number of fused-ring (bicyclic) bond motifs is 1. The summed E-state index contributed by atoms with van der Waals surface area (Å²) in [4.78, 5) is 27.5. The molecular weight excluding hydrogens is 484 g/mol. The predicted octanol–water partition coefficient (Wildman–Crippen LogP) is 8.34. The van der Waals surface area contributed by atoms with Crippen molar-refractivity contribution in [1.29, 1.82) is 0 Å². The van der Waals surface area contributed by atoms with E-state index in [1.807, 2.05) is 30.3 Å². The summed E-state index contributed by atoms with van der Waals surface area (Å²) in [6.45, 7) is 0. The highest BCUT2D eigenvalue weighted by atomic mass is 32.2. The van der Waals surface area contributed by atoms with Gasteiger partial charge < -0.3 is 0 Å². The molecule has 3 heteroatoms. The lowest BCUT2D eigenvalue weighted by molar-refractivity contribution is 0.0871. The van der Waals surface area contributed by atoms with Crippen LogP contribution in [0.4, 0.5) is 0 Å². The Bertz CT molecular complexity index is 1110. The van der Waals surface area contributed by atoms with Crippen molar-refractivity contribution in [3.8, 4) is 0 Å². The van der Waals surface area contributed by atoms with Gasteiger partial charge in [0.05, 0.1) is 0 Å². The second-order valence-corrected chi connectivity index (χ2v) is 15.0. The number of aryl methyl sites for hydroxylation is 1. The van der Waals surface area contributed by atoms with E-state index in [1.54, 1.807) is 0 Å². The largest absolute Gasteiger partial charge is 0.294 e. The first-order valence-corrected chi connectivity index (χ1v) is 17.2. The van der Waals surface area contributed by atoms with E-state index in [9.17, 15) is 9.59 Å². The SMILES string of the molecule is O=C1c2cc(C3CC[S+](C(C(=O)c4ccccc4)C4CCCCC4)C3)ccc2CCC1CC1CCCCC1. The number of ketones is 2. The maximum absolute atomic E-state index is 13.9. The van der Waals surface area contributed by atoms with Crippen LogP contribution in [0.15, 0.2) is 48.5 Å². The lowest BCUT2D eigenvalue weighted by Gasteiger charge is -2.29. The highest BCUT2D eigenvalue weighted by Gasteiger charge is 2.48. The molecule has 0 spiro atoms. The van der Waals surface area contributed by atoms with Crippen LogP contribution >= 0.6 is 0 Å². The second kappa shape index (κ2) is 12.1. The molecule has 202 valence electrons. The number of carbonyl (C=O) groups is 2. The molecule has 2 aromatic rings. The van der Waals surface area contributed by atoms with Gasteiger partial charge in [0.15, 0.2) is 11.0 Å². The minimum Gasteiger partial charge on any atom is -0.294 e. The van der Waals surface area contributed by atoms with Crippen LogP contribution in [0.25, 0.3) is 0 Å². The molecule has 0 amide bonds. The zero-order valence-corrected chi connectivity index (χ0v) is 23.9. The highest BCUT2D eigenvalue weighted by molar-refractivity contribution is 7.98. The molecule has 1 heterocycles. The highest BCUT2D eigenvalue weighted by Crippen LogP contribution is 2.41. The van der Waals surface area contributed by atoms with Crippen molar-refractivity contribution in [1.82, 2.24) is 0 Å². The third kappa shape index (κ3) is 5.69. The third-order valence-corrected chi connectivity index (χ3v) is 13.2. The topological polar surface area (TPSA) is 34.1 Å². The fraction of sp³-hybridized carbons (Fsp3) is 0.600. The monoisotopic (exact) mass is 529 g/mol. The van der Waals surface area contributed by atoms with E-state index in [4.69, 9.17) is 0 Å². The van der Waals surface area contributed by atoms with Crippen molar-refractivity contribution >= 4 is 22.5 Å². The maximum Gasteiger partial charge on any atom is 0.215 e. The second-order valence-electron chi connectivity index (χ2n) is 12.7. The summed E-state index contributed by atoms with van der Waals surface area (Å²) in [7, 11) is 0.119. The van der Waals surface area contributed by atoms with Gasteiger partial charge in [-0.1, -0.05) is 93.8 Å². The van der Waals surface area contributed by atoms with Gasteiger partial charge in [-0.2, -0.15) is 0 Å². The zero-order valence-electron chi connectivity index (χ0n) is 23.0. The first-order valence-electron chi connectivity index (χ1n) is 15.6. The average molecular weight is 530 g/mol. The normalized spacial score (nSPS) is 27.7. The molecule has 3 fully saturated rings. The Labute approximate surface area is 232 Å². The number of rotatable bonds is 7. The molecule has 2 nitrogen and oxygen atoms in total. The Morgan fingerprint density at radius 3 is 2.34 bits per heavy atom. The van der Waals surface area contributed by atoms with Crippen molar-refractivity contribution in [2.45, 2.75) is 101 Å². The number of carbonyl (C=O) groups excluding carboxylic acids is 2. The fourth-order valence-electron chi connectivity index (χ4n) is 8.08. The third-order valence-electron chi connectivity index (χ3n) is 10.2. The molecule has 4 atom stereocenters. The summed E-state index contributed by atoms with van der Waals surface area (Å²) >= 11 is 0.